The second-order valence-corrected chi connectivity index (χ2v) is 8.08. The van der Waals surface area contributed by atoms with Crippen LogP contribution in [0.4, 0.5) is 5.69 Å². The standard InChI is InChI=1S/C20H27N3O3/c1-13(2)9-18(25)21-15-7-5-14(6-8-15)19(26)23-22-16-10-17(24)12-20(3,4)11-16/h5-8,13H,9-12H2,1-4H3,(H,21,25)(H,23,26)/b22-16+. The van der Waals surface area contributed by atoms with Crippen LogP contribution in [0.2, 0.25) is 0 Å². The summed E-state index contributed by atoms with van der Waals surface area (Å²) in [6.45, 7) is 8.01. The van der Waals surface area contributed by atoms with Crippen molar-refractivity contribution in [2.45, 2.75) is 53.4 Å². The van der Waals surface area contributed by atoms with Crippen LogP contribution < -0.4 is 10.7 Å². The average molecular weight is 357 g/mol. The Kier molecular flexibility index (Phi) is 6.29. The monoisotopic (exact) mass is 357 g/mol. The topological polar surface area (TPSA) is 87.6 Å². The molecule has 0 bridgehead atoms. The van der Waals surface area contributed by atoms with Crippen LogP contribution in [0.25, 0.3) is 0 Å². The van der Waals surface area contributed by atoms with Gasteiger partial charge in [-0.25, -0.2) is 5.43 Å². The lowest BCUT2D eigenvalue weighted by Crippen LogP contribution is -2.31. The van der Waals surface area contributed by atoms with E-state index in [1.807, 2.05) is 27.7 Å². The highest BCUT2D eigenvalue weighted by Gasteiger charge is 2.30. The van der Waals surface area contributed by atoms with Gasteiger partial charge in [-0.2, -0.15) is 5.10 Å². The number of hydrazone groups is 1. The van der Waals surface area contributed by atoms with Crippen LogP contribution in [0.5, 0.6) is 0 Å². The lowest BCUT2D eigenvalue weighted by Gasteiger charge is -2.28. The number of hydrogen-bond acceptors (Lipinski definition) is 4. The van der Waals surface area contributed by atoms with Gasteiger partial charge in [0.1, 0.15) is 5.78 Å². The van der Waals surface area contributed by atoms with E-state index in [2.05, 4.69) is 15.8 Å². The quantitative estimate of drug-likeness (QED) is 0.790. The zero-order valence-electron chi connectivity index (χ0n) is 15.9. The SMILES string of the molecule is CC(C)CC(=O)Nc1ccc(C(=O)N/N=C2\CC(=O)CC(C)(C)C2)cc1. The van der Waals surface area contributed by atoms with Crippen molar-refractivity contribution >= 4 is 29.0 Å². The van der Waals surface area contributed by atoms with E-state index in [1.165, 1.54) is 0 Å². The number of nitrogens with one attached hydrogen (secondary N) is 2. The molecule has 1 aromatic carbocycles. The Morgan fingerprint density at radius 3 is 2.38 bits per heavy atom. The molecule has 1 saturated carbocycles. The van der Waals surface area contributed by atoms with Crippen molar-refractivity contribution in [1.82, 2.24) is 5.43 Å². The summed E-state index contributed by atoms with van der Waals surface area (Å²) in [5.74, 6) is 0.0492. The predicted molar refractivity (Wildman–Crippen MR) is 102 cm³/mol. The molecule has 0 heterocycles. The normalized spacial score (nSPS) is 18.0. The molecule has 0 aromatic heterocycles. The molecule has 6 nitrogen and oxygen atoms in total. The van der Waals surface area contributed by atoms with E-state index in [0.29, 0.717) is 42.6 Å². The molecule has 0 aliphatic heterocycles. The minimum atomic E-state index is -0.339. The van der Waals surface area contributed by atoms with Crippen LogP contribution in [-0.4, -0.2) is 23.3 Å². The molecule has 0 atom stereocenters. The number of carbonyl (C=O) groups is 3. The first-order chi connectivity index (χ1) is 12.1. The molecule has 1 aliphatic carbocycles. The van der Waals surface area contributed by atoms with E-state index >= 15 is 0 Å². The maximum atomic E-state index is 12.2. The molecular weight excluding hydrogens is 330 g/mol. The second-order valence-electron chi connectivity index (χ2n) is 8.08. The molecule has 2 amide bonds. The van der Waals surface area contributed by atoms with Crippen molar-refractivity contribution in [3.63, 3.8) is 0 Å². The highest BCUT2D eigenvalue weighted by molar-refractivity contribution is 6.05. The van der Waals surface area contributed by atoms with E-state index in [4.69, 9.17) is 0 Å². The number of anilines is 1. The third-order valence-corrected chi connectivity index (χ3v) is 4.10. The number of Topliss-reactive ketones (excluding diaryl/α,β-unsaturated/α-hetero) is 1. The zero-order valence-corrected chi connectivity index (χ0v) is 15.9. The van der Waals surface area contributed by atoms with Gasteiger partial charge < -0.3 is 5.32 Å². The van der Waals surface area contributed by atoms with Crippen molar-refractivity contribution in [3.8, 4) is 0 Å². The van der Waals surface area contributed by atoms with Gasteiger partial charge in [0.05, 0.1) is 0 Å². The van der Waals surface area contributed by atoms with E-state index in [1.54, 1.807) is 24.3 Å². The molecule has 0 saturated heterocycles. The molecule has 0 unspecified atom stereocenters. The summed E-state index contributed by atoms with van der Waals surface area (Å²) in [7, 11) is 0. The highest BCUT2D eigenvalue weighted by Crippen LogP contribution is 2.31. The van der Waals surface area contributed by atoms with Gasteiger partial charge in [0.2, 0.25) is 5.91 Å². The Morgan fingerprint density at radius 1 is 1.15 bits per heavy atom. The summed E-state index contributed by atoms with van der Waals surface area (Å²) in [6, 6.07) is 6.65. The fourth-order valence-corrected chi connectivity index (χ4v) is 3.06. The van der Waals surface area contributed by atoms with Crippen LogP contribution in [0, 0.1) is 11.3 Å². The summed E-state index contributed by atoms with van der Waals surface area (Å²) in [6.07, 6.45) is 1.99. The third kappa shape index (κ3) is 6.10. The van der Waals surface area contributed by atoms with Gasteiger partial charge in [-0.15, -0.1) is 0 Å². The Labute approximate surface area is 154 Å². The maximum Gasteiger partial charge on any atom is 0.271 e. The van der Waals surface area contributed by atoms with Crippen LogP contribution in [0.3, 0.4) is 0 Å². The maximum absolute atomic E-state index is 12.2. The number of rotatable bonds is 5. The van der Waals surface area contributed by atoms with Gasteiger partial charge in [-0.3, -0.25) is 14.4 Å². The molecule has 1 aliphatic rings. The molecule has 0 radical (unpaired) electrons. The number of amides is 2. The van der Waals surface area contributed by atoms with Crippen molar-refractivity contribution < 1.29 is 14.4 Å². The highest BCUT2D eigenvalue weighted by atomic mass is 16.2. The second kappa shape index (κ2) is 8.25. The summed E-state index contributed by atoms with van der Waals surface area (Å²) >= 11 is 0. The fourth-order valence-electron chi connectivity index (χ4n) is 3.06. The molecule has 140 valence electrons. The molecule has 2 N–H and O–H groups in total. The summed E-state index contributed by atoms with van der Waals surface area (Å²) < 4.78 is 0. The van der Waals surface area contributed by atoms with Gasteiger partial charge in [-0.1, -0.05) is 27.7 Å². The molecule has 6 heteroatoms. The molecule has 2 rings (SSSR count). The summed E-state index contributed by atoms with van der Waals surface area (Å²) in [4.78, 5) is 35.7. The Morgan fingerprint density at radius 2 is 1.81 bits per heavy atom. The third-order valence-electron chi connectivity index (χ3n) is 4.10. The molecule has 0 spiro atoms. The van der Waals surface area contributed by atoms with E-state index in [9.17, 15) is 14.4 Å². The number of hydrogen-bond donors (Lipinski definition) is 2. The van der Waals surface area contributed by atoms with Crippen LogP contribution in [0.1, 0.15) is 63.7 Å². The van der Waals surface area contributed by atoms with Crippen molar-refractivity contribution in [3.05, 3.63) is 29.8 Å². The summed E-state index contributed by atoms with van der Waals surface area (Å²) in [5, 5.41) is 6.94. The Hall–Kier alpha value is -2.50. The first-order valence-corrected chi connectivity index (χ1v) is 8.92. The molecule has 1 aromatic rings. The molecule has 1 fully saturated rings. The summed E-state index contributed by atoms with van der Waals surface area (Å²) in [5.41, 5.74) is 4.21. The van der Waals surface area contributed by atoms with E-state index < -0.39 is 0 Å². The Bertz CT molecular complexity index is 718. The lowest BCUT2D eigenvalue weighted by atomic mass is 9.76. The zero-order chi connectivity index (χ0) is 19.3. The van der Waals surface area contributed by atoms with E-state index in [0.717, 1.165) is 0 Å². The van der Waals surface area contributed by atoms with Crippen molar-refractivity contribution in [1.29, 1.82) is 0 Å². The van der Waals surface area contributed by atoms with Gasteiger partial charge in [0, 0.05) is 36.2 Å². The fraction of sp³-hybridized carbons (Fsp3) is 0.500. The van der Waals surface area contributed by atoms with Gasteiger partial charge in [0.15, 0.2) is 0 Å². The molecule has 26 heavy (non-hydrogen) atoms. The smallest absolute Gasteiger partial charge is 0.271 e. The lowest BCUT2D eigenvalue weighted by molar-refractivity contribution is -0.120. The van der Waals surface area contributed by atoms with Gasteiger partial charge in [0.25, 0.3) is 5.91 Å². The van der Waals surface area contributed by atoms with Crippen molar-refractivity contribution in [2.24, 2.45) is 16.4 Å². The minimum Gasteiger partial charge on any atom is -0.326 e. The van der Waals surface area contributed by atoms with Crippen molar-refractivity contribution in [2.75, 3.05) is 5.32 Å². The first kappa shape index (κ1) is 19.8. The number of ketones is 1. The number of nitrogens with zero attached hydrogens (tertiary/aromatic N) is 1. The van der Waals surface area contributed by atoms with Crippen LogP contribution in [-0.2, 0) is 9.59 Å². The van der Waals surface area contributed by atoms with Gasteiger partial charge in [-0.05, 0) is 42.0 Å². The Balaban J connectivity index is 1.94. The largest absolute Gasteiger partial charge is 0.326 e. The predicted octanol–water partition coefficient (Wildman–Crippen LogP) is 3.54. The van der Waals surface area contributed by atoms with Crippen LogP contribution in [0.15, 0.2) is 29.4 Å². The first-order valence-electron chi connectivity index (χ1n) is 8.92. The van der Waals surface area contributed by atoms with E-state index in [-0.39, 0.29) is 28.9 Å². The van der Waals surface area contributed by atoms with Gasteiger partial charge >= 0.3 is 0 Å². The number of benzene rings is 1. The number of carbonyl (C=O) groups excluding carboxylic acids is 3. The average Bonchev–Trinajstić information content (AvgIpc) is 2.50. The van der Waals surface area contributed by atoms with Crippen LogP contribution >= 0.6 is 0 Å². The molecular formula is C20H27N3O3. The minimum absolute atomic E-state index is 0.0480.